The number of carbonyl (C=O) groups excluding carboxylic acids is 1. The molecule has 0 bridgehead atoms. The average molecular weight is 201 g/mol. The smallest absolute Gasteiger partial charge is 0.306 e. The van der Waals surface area contributed by atoms with Gasteiger partial charge in [0.15, 0.2) is 0 Å². The summed E-state index contributed by atoms with van der Waals surface area (Å²) in [6, 6.07) is 0.399. The highest BCUT2D eigenvalue weighted by molar-refractivity contribution is 5.69. The van der Waals surface area contributed by atoms with E-state index in [9.17, 15) is 4.79 Å². The standard InChI is InChI=1S/C10H19NO3/c1-8-7-14-9(2)6-11(8)5-4-10(12)13-3/h8-9H,4-7H2,1-3H3. The topological polar surface area (TPSA) is 38.8 Å². The molecular weight excluding hydrogens is 182 g/mol. The van der Waals surface area contributed by atoms with Gasteiger partial charge in [-0.2, -0.15) is 0 Å². The summed E-state index contributed by atoms with van der Waals surface area (Å²) >= 11 is 0. The molecule has 2 unspecified atom stereocenters. The molecule has 2 atom stereocenters. The van der Waals surface area contributed by atoms with E-state index in [1.807, 2.05) is 0 Å². The highest BCUT2D eigenvalue weighted by atomic mass is 16.5. The van der Waals surface area contributed by atoms with Crippen molar-refractivity contribution in [2.24, 2.45) is 0 Å². The van der Waals surface area contributed by atoms with Gasteiger partial charge in [-0.1, -0.05) is 0 Å². The number of carbonyl (C=O) groups is 1. The van der Waals surface area contributed by atoms with Crippen molar-refractivity contribution in [2.75, 3.05) is 26.8 Å². The van der Waals surface area contributed by atoms with E-state index in [0.29, 0.717) is 12.5 Å². The number of hydrogen-bond donors (Lipinski definition) is 0. The largest absolute Gasteiger partial charge is 0.469 e. The normalized spacial score (nSPS) is 28.8. The second kappa shape index (κ2) is 5.32. The molecule has 1 fully saturated rings. The van der Waals surface area contributed by atoms with Crippen LogP contribution in [0, 0.1) is 0 Å². The van der Waals surface area contributed by atoms with E-state index in [2.05, 4.69) is 23.5 Å². The molecule has 1 aliphatic rings. The van der Waals surface area contributed by atoms with Gasteiger partial charge in [0.2, 0.25) is 0 Å². The Morgan fingerprint density at radius 2 is 2.29 bits per heavy atom. The molecule has 4 heteroatoms. The van der Waals surface area contributed by atoms with E-state index >= 15 is 0 Å². The molecule has 0 aromatic heterocycles. The molecule has 82 valence electrons. The van der Waals surface area contributed by atoms with Gasteiger partial charge in [-0.05, 0) is 13.8 Å². The van der Waals surface area contributed by atoms with Gasteiger partial charge in [-0.15, -0.1) is 0 Å². The Morgan fingerprint density at radius 1 is 1.57 bits per heavy atom. The SMILES string of the molecule is COC(=O)CCN1CC(C)OCC1C. The maximum Gasteiger partial charge on any atom is 0.306 e. The third-order valence-electron chi connectivity index (χ3n) is 2.57. The van der Waals surface area contributed by atoms with E-state index in [4.69, 9.17) is 4.74 Å². The van der Waals surface area contributed by atoms with Crippen LogP contribution < -0.4 is 0 Å². The lowest BCUT2D eigenvalue weighted by molar-refractivity contribution is -0.141. The summed E-state index contributed by atoms with van der Waals surface area (Å²) in [7, 11) is 1.42. The summed E-state index contributed by atoms with van der Waals surface area (Å²) in [5, 5.41) is 0. The summed E-state index contributed by atoms with van der Waals surface area (Å²) in [5.74, 6) is -0.142. The molecule has 0 aromatic rings. The van der Waals surface area contributed by atoms with Crippen LogP contribution in [0.1, 0.15) is 20.3 Å². The van der Waals surface area contributed by atoms with Gasteiger partial charge in [0.05, 0.1) is 26.2 Å². The Labute approximate surface area is 85.2 Å². The fraction of sp³-hybridized carbons (Fsp3) is 0.900. The predicted octanol–water partition coefficient (Wildman–Crippen LogP) is 0.659. The first-order valence-corrected chi connectivity index (χ1v) is 5.06. The zero-order valence-electron chi connectivity index (χ0n) is 9.16. The van der Waals surface area contributed by atoms with Gasteiger partial charge >= 0.3 is 5.97 Å². The number of nitrogens with zero attached hydrogens (tertiary/aromatic N) is 1. The minimum absolute atomic E-state index is 0.142. The molecule has 0 radical (unpaired) electrons. The highest BCUT2D eigenvalue weighted by Gasteiger charge is 2.23. The molecule has 0 N–H and O–H groups in total. The van der Waals surface area contributed by atoms with Crippen LogP contribution in [0.2, 0.25) is 0 Å². The third kappa shape index (κ3) is 3.27. The molecule has 0 saturated carbocycles. The summed E-state index contributed by atoms with van der Waals surface area (Å²) in [6.07, 6.45) is 0.733. The van der Waals surface area contributed by atoms with Crippen LogP contribution in [0.15, 0.2) is 0 Å². The molecule has 1 rings (SSSR count). The number of morpholine rings is 1. The Hall–Kier alpha value is -0.610. The molecule has 4 nitrogen and oxygen atoms in total. The molecule has 0 amide bonds. The fourth-order valence-electron chi connectivity index (χ4n) is 1.62. The second-order valence-corrected chi connectivity index (χ2v) is 3.81. The zero-order valence-corrected chi connectivity index (χ0v) is 9.16. The van der Waals surface area contributed by atoms with Crippen molar-refractivity contribution >= 4 is 5.97 Å². The van der Waals surface area contributed by atoms with Gasteiger partial charge in [0.1, 0.15) is 0 Å². The number of ether oxygens (including phenoxy) is 2. The molecular formula is C10H19NO3. The highest BCUT2D eigenvalue weighted by Crippen LogP contribution is 2.11. The maximum absolute atomic E-state index is 11.0. The summed E-state index contributed by atoms with van der Waals surface area (Å²) in [5.41, 5.74) is 0. The lowest BCUT2D eigenvalue weighted by atomic mass is 10.2. The van der Waals surface area contributed by atoms with Crippen molar-refractivity contribution in [3.05, 3.63) is 0 Å². The molecule has 1 saturated heterocycles. The van der Waals surface area contributed by atoms with Crippen LogP contribution in [0.4, 0.5) is 0 Å². The quantitative estimate of drug-likeness (QED) is 0.629. The van der Waals surface area contributed by atoms with Crippen LogP contribution in [0.25, 0.3) is 0 Å². The average Bonchev–Trinajstić information content (AvgIpc) is 2.19. The van der Waals surface area contributed by atoms with Gasteiger partial charge in [0, 0.05) is 19.1 Å². The van der Waals surface area contributed by atoms with Crippen molar-refractivity contribution in [3.8, 4) is 0 Å². The van der Waals surface area contributed by atoms with Crippen LogP contribution in [0.5, 0.6) is 0 Å². The van der Waals surface area contributed by atoms with Crippen molar-refractivity contribution in [1.82, 2.24) is 4.90 Å². The van der Waals surface area contributed by atoms with E-state index in [1.165, 1.54) is 7.11 Å². The number of hydrogen-bond acceptors (Lipinski definition) is 4. The third-order valence-corrected chi connectivity index (χ3v) is 2.57. The zero-order chi connectivity index (χ0) is 10.6. The van der Waals surface area contributed by atoms with Gasteiger partial charge in [-0.25, -0.2) is 0 Å². The Balaban J connectivity index is 2.30. The van der Waals surface area contributed by atoms with Crippen molar-refractivity contribution in [3.63, 3.8) is 0 Å². The van der Waals surface area contributed by atoms with Gasteiger partial charge < -0.3 is 9.47 Å². The summed E-state index contributed by atoms with van der Waals surface area (Å²) in [4.78, 5) is 13.2. The maximum atomic E-state index is 11.0. The summed E-state index contributed by atoms with van der Waals surface area (Å²) in [6.45, 7) is 6.59. The van der Waals surface area contributed by atoms with Gasteiger partial charge in [-0.3, -0.25) is 9.69 Å². The van der Waals surface area contributed by atoms with E-state index in [1.54, 1.807) is 0 Å². The molecule has 0 aromatic carbocycles. The summed E-state index contributed by atoms with van der Waals surface area (Å²) < 4.78 is 10.1. The number of esters is 1. The van der Waals surface area contributed by atoms with E-state index in [0.717, 1.165) is 19.7 Å². The van der Waals surface area contributed by atoms with Crippen LogP contribution in [-0.2, 0) is 14.3 Å². The predicted molar refractivity (Wildman–Crippen MR) is 53.1 cm³/mol. The lowest BCUT2D eigenvalue weighted by Crippen LogP contribution is -2.47. The number of rotatable bonds is 3. The molecule has 1 aliphatic heterocycles. The molecule has 1 heterocycles. The molecule has 0 aliphatic carbocycles. The first-order chi connectivity index (χ1) is 6.63. The Morgan fingerprint density at radius 3 is 2.93 bits per heavy atom. The second-order valence-electron chi connectivity index (χ2n) is 3.81. The van der Waals surface area contributed by atoms with Crippen LogP contribution in [0.3, 0.4) is 0 Å². The van der Waals surface area contributed by atoms with Crippen molar-refractivity contribution < 1.29 is 14.3 Å². The van der Waals surface area contributed by atoms with Gasteiger partial charge in [0.25, 0.3) is 0 Å². The van der Waals surface area contributed by atoms with E-state index in [-0.39, 0.29) is 12.1 Å². The first-order valence-electron chi connectivity index (χ1n) is 5.06. The Kier molecular flexibility index (Phi) is 4.35. The lowest BCUT2D eigenvalue weighted by Gasteiger charge is -2.36. The molecule has 0 spiro atoms. The fourth-order valence-corrected chi connectivity index (χ4v) is 1.62. The van der Waals surface area contributed by atoms with Crippen LogP contribution in [-0.4, -0.2) is 49.8 Å². The monoisotopic (exact) mass is 201 g/mol. The minimum Gasteiger partial charge on any atom is -0.469 e. The molecule has 14 heavy (non-hydrogen) atoms. The van der Waals surface area contributed by atoms with E-state index < -0.39 is 0 Å². The Bertz CT molecular complexity index is 196. The van der Waals surface area contributed by atoms with Crippen molar-refractivity contribution in [1.29, 1.82) is 0 Å². The van der Waals surface area contributed by atoms with Crippen LogP contribution >= 0.6 is 0 Å². The first kappa shape index (κ1) is 11.5. The minimum atomic E-state index is -0.142. The number of methoxy groups -OCH3 is 1. The van der Waals surface area contributed by atoms with Crippen molar-refractivity contribution in [2.45, 2.75) is 32.4 Å².